The van der Waals surface area contributed by atoms with Crippen molar-refractivity contribution in [2.75, 3.05) is 6.61 Å². The van der Waals surface area contributed by atoms with Gasteiger partial charge in [0.2, 0.25) is 0 Å². The van der Waals surface area contributed by atoms with Crippen LogP contribution in [0.2, 0.25) is 0 Å². The summed E-state index contributed by atoms with van der Waals surface area (Å²) in [6.45, 7) is 5.41. The van der Waals surface area contributed by atoms with Crippen LogP contribution >= 0.6 is 0 Å². The molecule has 96 valence electrons. The van der Waals surface area contributed by atoms with E-state index >= 15 is 0 Å². The molecule has 0 saturated heterocycles. The van der Waals surface area contributed by atoms with Gasteiger partial charge in [0.25, 0.3) is 0 Å². The second-order valence-corrected chi connectivity index (χ2v) is 4.09. The molecule has 0 spiro atoms. The molecule has 0 heterocycles. The van der Waals surface area contributed by atoms with E-state index < -0.39 is 0 Å². The maximum absolute atomic E-state index is 11.5. The Morgan fingerprint density at radius 3 is 2.72 bits per heavy atom. The predicted octanol–water partition coefficient (Wildman–Crippen LogP) is 2.23. The zero-order valence-electron chi connectivity index (χ0n) is 10.6. The standard InChI is InChI=1S/C15H19NO2/c1-3-9-18-15(17)12(2)10-14(16)11-13-7-5-4-6-8-13/h3-8,10,14H,1,9,11,16H2,2H3/t14-/m1/s1. The van der Waals surface area contributed by atoms with Gasteiger partial charge in [0.1, 0.15) is 6.61 Å². The molecule has 1 aromatic carbocycles. The summed E-state index contributed by atoms with van der Waals surface area (Å²) < 4.78 is 4.92. The van der Waals surface area contributed by atoms with E-state index in [2.05, 4.69) is 6.58 Å². The molecule has 0 amide bonds. The minimum atomic E-state index is -0.349. The molecule has 1 rings (SSSR count). The average Bonchev–Trinajstić information content (AvgIpc) is 2.36. The number of benzene rings is 1. The van der Waals surface area contributed by atoms with E-state index in [1.807, 2.05) is 30.3 Å². The van der Waals surface area contributed by atoms with Gasteiger partial charge < -0.3 is 10.5 Å². The van der Waals surface area contributed by atoms with Gasteiger partial charge in [-0.05, 0) is 18.9 Å². The molecule has 3 heteroatoms. The highest BCUT2D eigenvalue weighted by atomic mass is 16.5. The Morgan fingerprint density at radius 1 is 1.44 bits per heavy atom. The van der Waals surface area contributed by atoms with Gasteiger partial charge in [-0.25, -0.2) is 4.79 Å². The van der Waals surface area contributed by atoms with E-state index in [9.17, 15) is 4.79 Å². The van der Waals surface area contributed by atoms with Crippen LogP contribution in [-0.4, -0.2) is 18.6 Å². The maximum atomic E-state index is 11.5. The molecular weight excluding hydrogens is 226 g/mol. The Balaban J connectivity index is 2.54. The van der Waals surface area contributed by atoms with E-state index in [1.165, 1.54) is 6.08 Å². The number of esters is 1. The third-order valence-electron chi connectivity index (χ3n) is 2.43. The highest BCUT2D eigenvalue weighted by Crippen LogP contribution is 2.05. The van der Waals surface area contributed by atoms with Crippen molar-refractivity contribution in [2.45, 2.75) is 19.4 Å². The van der Waals surface area contributed by atoms with Crippen molar-refractivity contribution in [3.05, 3.63) is 60.2 Å². The van der Waals surface area contributed by atoms with Crippen LogP contribution in [0.3, 0.4) is 0 Å². The van der Waals surface area contributed by atoms with Gasteiger partial charge in [-0.1, -0.05) is 49.1 Å². The Morgan fingerprint density at radius 2 is 2.11 bits per heavy atom. The first-order valence-corrected chi connectivity index (χ1v) is 5.89. The first-order valence-electron chi connectivity index (χ1n) is 5.89. The molecule has 0 fully saturated rings. The van der Waals surface area contributed by atoms with Crippen LogP contribution in [0.5, 0.6) is 0 Å². The summed E-state index contributed by atoms with van der Waals surface area (Å²) in [4.78, 5) is 11.5. The van der Waals surface area contributed by atoms with Gasteiger partial charge in [-0.3, -0.25) is 0 Å². The third-order valence-corrected chi connectivity index (χ3v) is 2.43. The number of hydrogen-bond acceptors (Lipinski definition) is 3. The summed E-state index contributed by atoms with van der Waals surface area (Å²) in [7, 11) is 0. The fourth-order valence-electron chi connectivity index (χ4n) is 1.58. The largest absolute Gasteiger partial charge is 0.458 e. The molecule has 0 bridgehead atoms. The quantitative estimate of drug-likeness (QED) is 0.475. The Bertz CT molecular complexity index is 423. The van der Waals surface area contributed by atoms with Crippen LogP contribution in [0.4, 0.5) is 0 Å². The summed E-state index contributed by atoms with van der Waals surface area (Å²) in [5, 5.41) is 0. The molecule has 1 aromatic rings. The molecule has 2 N–H and O–H groups in total. The monoisotopic (exact) mass is 245 g/mol. The fourth-order valence-corrected chi connectivity index (χ4v) is 1.58. The molecule has 0 unspecified atom stereocenters. The molecule has 0 aliphatic carbocycles. The Kier molecular flexibility index (Phi) is 5.88. The second kappa shape index (κ2) is 7.45. The number of ether oxygens (including phenoxy) is 1. The van der Waals surface area contributed by atoms with Crippen molar-refractivity contribution >= 4 is 5.97 Å². The van der Waals surface area contributed by atoms with Crippen molar-refractivity contribution in [1.82, 2.24) is 0 Å². The molecular formula is C15H19NO2. The van der Waals surface area contributed by atoms with Crippen LogP contribution < -0.4 is 5.73 Å². The number of rotatable bonds is 6. The van der Waals surface area contributed by atoms with E-state index in [0.717, 1.165) is 5.56 Å². The average molecular weight is 245 g/mol. The van der Waals surface area contributed by atoms with Gasteiger partial charge >= 0.3 is 5.97 Å². The molecule has 18 heavy (non-hydrogen) atoms. The molecule has 0 saturated carbocycles. The van der Waals surface area contributed by atoms with E-state index in [4.69, 9.17) is 10.5 Å². The van der Waals surface area contributed by atoms with Gasteiger partial charge in [0.05, 0.1) is 0 Å². The summed E-state index contributed by atoms with van der Waals surface area (Å²) in [5.74, 6) is -0.349. The fraction of sp³-hybridized carbons (Fsp3) is 0.267. The number of carbonyl (C=O) groups is 1. The molecule has 1 atom stereocenters. The second-order valence-electron chi connectivity index (χ2n) is 4.09. The third kappa shape index (κ3) is 4.97. The number of carbonyl (C=O) groups excluding carboxylic acids is 1. The van der Waals surface area contributed by atoms with Crippen molar-refractivity contribution < 1.29 is 9.53 Å². The van der Waals surface area contributed by atoms with E-state index in [0.29, 0.717) is 12.0 Å². The minimum absolute atomic E-state index is 0.191. The molecule has 0 radical (unpaired) electrons. The molecule has 0 aliphatic heterocycles. The lowest BCUT2D eigenvalue weighted by molar-refractivity contribution is -0.137. The molecule has 3 nitrogen and oxygen atoms in total. The minimum Gasteiger partial charge on any atom is -0.458 e. The summed E-state index contributed by atoms with van der Waals surface area (Å²) in [5.41, 5.74) is 7.64. The Labute approximate surface area is 108 Å². The van der Waals surface area contributed by atoms with Crippen molar-refractivity contribution in [3.63, 3.8) is 0 Å². The lowest BCUT2D eigenvalue weighted by atomic mass is 10.0. The normalized spacial score (nSPS) is 12.9. The van der Waals surface area contributed by atoms with Crippen molar-refractivity contribution in [2.24, 2.45) is 5.73 Å². The topological polar surface area (TPSA) is 52.3 Å². The Hall–Kier alpha value is -1.87. The van der Waals surface area contributed by atoms with Crippen LogP contribution in [0.15, 0.2) is 54.6 Å². The highest BCUT2D eigenvalue weighted by molar-refractivity contribution is 5.87. The zero-order chi connectivity index (χ0) is 13.4. The smallest absolute Gasteiger partial charge is 0.333 e. The maximum Gasteiger partial charge on any atom is 0.333 e. The summed E-state index contributed by atoms with van der Waals surface area (Å²) >= 11 is 0. The van der Waals surface area contributed by atoms with E-state index in [-0.39, 0.29) is 18.6 Å². The van der Waals surface area contributed by atoms with Gasteiger partial charge in [0, 0.05) is 11.6 Å². The lowest BCUT2D eigenvalue weighted by Crippen LogP contribution is -2.21. The predicted molar refractivity (Wildman–Crippen MR) is 73.0 cm³/mol. The SMILES string of the molecule is C=CCOC(=O)C(C)=C[C@@H](N)Cc1ccccc1. The van der Waals surface area contributed by atoms with Crippen molar-refractivity contribution in [3.8, 4) is 0 Å². The van der Waals surface area contributed by atoms with Crippen LogP contribution in [0.25, 0.3) is 0 Å². The summed E-state index contributed by atoms with van der Waals surface area (Å²) in [6.07, 6.45) is 3.97. The van der Waals surface area contributed by atoms with E-state index in [1.54, 1.807) is 13.0 Å². The first-order chi connectivity index (χ1) is 8.63. The van der Waals surface area contributed by atoms with Crippen LogP contribution in [0.1, 0.15) is 12.5 Å². The van der Waals surface area contributed by atoms with Gasteiger partial charge in [0.15, 0.2) is 0 Å². The zero-order valence-corrected chi connectivity index (χ0v) is 10.6. The number of nitrogens with two attached hydrogens (primary N) is 1. The van der Waals surface area contributed by atoms with Crippen LogP contribution in [-0.2, 0) is 16.0 Å². The van der Waals surface area contributed by atoms with Crippen LogP contribution in [0, 0.1) is 0 Å². The first kappa shape index (κ1) is 14.2. The molecule has 0 aromatic heterocycles. The van der Waals surface area contributed by atoms with Gasteiger partial charge in [-0.15, -0.1) is 0 Å². The lowest BCUT2D eigenvalue weighted by Gasteiger charge is -2.08. The highest BCUT2D eigenvalue weighted by Gasteiger charge is 2.07. The van der Waals surface area contributed by atoms with Crippen molar-refractivity contribution in [1.29, 1.82) is 0 Å². The summed E-state index contributed by atoms with van der Waals surface area (Å²) in [6, 6.07) is 9.73. The van der Waals surface area contributed by atoms with Gasteiger partial charge in [-0.2, -0.15) is 0 Å². The number of hydrogen-bond donors (Lipinski definition) is 1. The molecule has 0 aliphatic rings.